The Kier molecular flexibility index (Phi) is 5.27. The minimum atomic E-state index is -3.16. The fraction of sp³-hybridized carbons (Fsp3) is 0.571. The summed E-state index contributed by atoms with van der Waals surface area (Å²) in [5.74, 6) is 0.133. The van der Waals surface area contributed by atoms with Crippen molar-refractivity contribution in [3.8, 4) is 5.75 Å². The summed E-state index contributed by atoms with van der Waals surface area (Å²) in [4.78, 5) is 0. The Labute approximate surface area is 133 Å². The summed E-state index contributed by atoms with van der Waals surface area (Å²) >= 11 is 3.15. The van der Waals surface area contributed by atoms with Gasteiger partial charge in [0.25, 0.3) is 0 Å². The van der Waals surface area contributed by atoms with Gasteiger partial charge in [-0.1, -0.05) is 6.42 Å². The molecule has 1 heterocycles. The van der Waals surface area contributed by atoms with Crippen molar-refractivity contribution in [2.75, 3.05) is 19.9 Å². The molecule has 1 aliphatic heterocycles. The van der Waals surface area contributed by atoms with Gasteiger partial charge in [0, 0.05) is 11.6 Å². The molecule has 0 aromatic heterocycles. The van der Waals surface area contributed by atoms with E-state index in [2.05, 4.69) is 21.2 Å². The van der Waals surface area contributed by atoms with E-state index in [9.17, 15) is 12.8 Å². The Balaban J connectivity index is 2.48. The second kappa shape index (κ2) is 6.62. The predicted octanol–water partition coefficient (Wildman–Crippen LogP) is 2.82. The molecule has 1 fully saturated rings. The van der Waals surface area contributed by atoms with Gasteiger partial charge in [0.2, 0.25) is 0 Å². The Morgan fingerprint density at radius 1 is 1.43 bits per heavy atom. The first-order valence-electron chi connectivity index (χ1n) is 6.82. The number of halogens is 2. The van der Waals surface area contributed by atoms with Crippen LogP contribution >= 0.6 is 15.9 Å². The fourth-order valence-corrected chi connectivity index (χ4v) is 5.35. The van der Waals surface area contributed by atoms with Crippen molar-refractivity contribution in [2.24, 2.45) is 0 Å². The zero-order valence-corrected chi connectivity index (χ0v) is 14.4. The highest BCUT2D eigenvalue weighted by Gasteiger charge is 2.37. The first-order valence-corrected chi connectivity index (χ1v) is 9.33. The van der Waals surface area contributed by atoms with Crippen molar-refractivity contribution in [3.05, 3.63) is 28.0 Å². The Morgan fingerprint density at radius 3 is 2.71 bits per heavy atom. The Bertz CT molecular complexity index is 621. The van der Waals surface area contributed by atoms with E-state index in [0.29, 0.717) is 28.6 Å². The molecule has 4 nitrogen and oxygen atoms in total. The van der Waals surface area contributed by atoms with E-state index in [-0.39, 0.29) is 5.75 Å². The third-order valence-electron chi connectivity index (χ3n) is 3.92. The second-order valence-electron chi connectivity index (χ2n) is 5.18. The quantitative estimate of drug-likeness (QED) is 0.873. The van der Waals surface area contributed by atoms with E-state index < -0.39 is 26.9 Å². The molecule has 118 valence electrons. The monoisotopic (exact) mass is 379 g/mol. The number of methoxy groups -OCH3 is 1. The zero-order valence-electron chi connectivity index (χ0n) is 12.0. The molecular formula is C14H19BrFNO3S. The van der Waals surface area contributed by atoms with Crippen LogP contribution in [0.25, 0.3) is 0 Å². The third kappa shape index (κ3) is 3.40. The van der Waals surface area contributed by atoms with Gasteiger partial charge in [-0.2, -0.15) is 0 Å². The second-order valence-corrected chi connectivity index (χ2v) is 8.37. The van der Waals surface area contributed by atoms with Crippen LogP contribution in [0.2, 0.25) is 0 Å². The van der Waals surface area contributed by atoms with E-state index in [0.717, 1.165) is 6.42 Å². The summed E-state index contributed by atoms with van der Waals surface area (Å²) in [6.07, 6.45) is 2.19. The van der Waals surface area contributed by atoms with Crippen LogP contribution in [0.5, 0.6) is 5.75 Å². The minimum Gasteiger partial charge on any atom is -0.496 e. The minimum absolute atomic E-state index is 0.209. The maximum absolute atomic E-state index is 13.6. The molecule has 2 rings (SSSR count). The molecule has 1 aromatic carbocycles. The molecule has 2 atom stereocenters. The van der Waals surface area contributed by atoms with Gasteiger partial charge < -0.3 is 10.1 Å². The Morgan fingerprint density at radius 2 is 2.14 bits per heavy atom. The van der Waals surface area contributed by atoms with Gasteiger partial charge in [0.15, 0.2) is 9.84 Å². The lowest BCUT2D eigenvalue weighted by molar-refractivity contribution is 0.390. The van der Waals surface area contributed by atoms with Crippen LogP contribution in [-0.4, -0.2) is 33.6 Å². The number of ether oxygens (including phenoxy) is 1. The van der Waals surface area contributed by atoms with Gasteiger partial charge in [0.05, 0.1) is 28.6 Å². The highest BCUT2D eigenvalue weighted by Crippen LogP contribution is 2.37. The van der Waals surface area contributed by atoms with Gasteiger partial charge in [-0.05, 0) is 41.9 Å². The molecule has 1 N–H and O–H groups in total. The first kappa shape index (κ1) is 16.7. The summed E-state index contributed by atoms with van der Waals surface area (Å²) in [6, 6.07) is 2.46. The van der Waals surface area contributed by atoms with Crippen molar-refractivity contribution in [2.45, 2.75) is 30.6 Å². The zero-order chi connectivity index (χ0) is 15.6. The van der Waals surface area contributed by atoms with Crippen LogP contribution in [0, 0.1) is 5.82 Å². The lowest BCUT2D eigenvalue weighted by Crippen LogP contribution is -2.39. The molecule has 1 saturated heterocycles. The van der Waals surface area contributed by atoms with Gasteiger partial charge in [-0.15, -0.1) is 0 Å². The summed E-state index contributed by atoms with van der Waals surface area (Å²) in [5, 5.41) is 2.55. The molecular weight excluding hydrogens is 361 g/mol. The molecule has 21 heavy (non-hydrogen) atoms. The van der Waals surface area contributed by atoms with Crippen molar-refractivity contribution in [1.82, 2.24) is 5.32 Å². The molecule has 1 aromatic rings. The Hall–Kier alpha value is -0.660. The number of nitrogens with one attached hydrogen (secondary N) is 1. The fourth-order valence-electron chi connectivity index (χ4n) is 2.86. The van der Waals surface area contributed by atoms with E-state index in [1.165, 1.54) is 13.2 Å². The molecule has 1 aliphatic rings. The largest absolute Gasteiger partial charge is 0.496 e. The standard InChI is InChI=1S/C14H19BrFNO3S/c1-17-14(13-5-3-4-6-21(13,18)19)9-7-10(15)11(16)8-12(9)20-2/h7-8,13-14,17H,3-6H2,1-2H3. The van der Waals surface area contributed by atoms with Crippen LogP contribution in [0.4, 0.5) is 4.39 Å². The topological polar surface area (TPSA) is 55.4 Å². The maximum Gasteiger partial charge on any atom is 0.155 e. The maximum atomic E-state index is 13.6. The number of sulfone groups is 1. The normalized spacial score (nSPS) is 22.8. The summed E-state index contributed by atoms with van der Waals surface area (Å²) < 4.78 is 43.8. The SMILES string of the molecule is CNC(c1cc(Br)c(F)cc1OC)C1CCCCS1(=O)=O. The summed E-state index contributed by atoms with van der Waals surface area (Å²) in [7, 11) is 0.00835. The van der Waals surface area contributed by atoms with Crippen LogP contribution in [-0.2, 0) is 9.84 Å². The van der Waals surface area contributed by atoms with Crippen molar-refractivity contribution in [1.29, 1.82) is 0 Å². The summed E-state index contributed by atoms with van der Waals surface area (Å²) in [6.45, 7) is 0. The van der Waals surface area contributed by atoms with Crippen molar-refractivity contribution >= 4 is 25.8 Å². The van der Waals surface area contributed by atoms with E-state index in [1.54, 1.807) is 13.1 Å². The molecule has 0 aliphatic carbocycles. The van der Waals surface area contributed by atoms with E-state index in [1.807, 2.05) is 0 Å². The highest BCUT2D eigenvalue weighted by atomic mass is 79.9. The average molecular weight is 380 g/mol. The lowest BCUT2D eigenvalue weighted by Gasteiger charge is -2.31. The molecule has 0 radical (unpaired) electrons. The third-order valence-corrected chi connectivity index (χ3v) is 6.82. The number of hydrogen-bond donors (Lipinski definition) is 1. The summed E-state index contributed by atoms with van der Waals surface area (Å²) in [5.41, 5.74) is 0.656. The average Bonchev–Trinajstić information content (AvgIpc) is 2.44. The van der Waals surface area contributed by atoms with Gasteiger partial charge >= 0.3 is 0 Å². The van der Waals surface area contributed by atoms with Crippen molar-refractivity contribution < 1.29 is 17.5 Å². The smallest absolute Gasteiger partial charge is 0.155 e. The van der Waals surface area contributed by atoms with Gasteiger partial charge in [-0.3, -0.25) is 0 Å². The molecule has 2 unspecified atom stereocenters. The predicted molar refractivity (Wildman–Crippen MR) is 83.9 cm³/mol. The molecule has 7 heteroatoms. The number of rotatable bonds is 4. The number of hydrogen-bond acceptors (Lipinski definition) is 4. The van der Waals surface area contributed by atoms with E-state index >= 15 is 0 Å². The van der Waals surface area contributed by atoms with Gasteiger partial charge in [0.1, 0.15) is 11.6 Å². The molecule has 0 amide bonds. The van der Waals surface area contributed by atoms with Crippen LogP contribution < -0.4 is 10.1 Å². The molecule has 0 bridgehead atoms. The highest BCUT2D eigenvalue weighted by molar-refractivity contribution is 9.10. The first-order chi connectivity index (χ1) is 9.90. The van der Waals surface area contributed by atoms with Crippen LogP contribution in [0.3, 0.4) is 0 Å². The molecule has 0 spiro atoms. The van der Waals surface area contributed by atoms with Gasteiger partial charge in [-0.25, -0.2) is 12.8 Å². The number of benzene rings is 1. The molecule has 0 saturated carbocycles. The lowest BCUT2D eigenvalue weighted by atomic mass is 9.98. The van der Waals surface area contributed by atoms with E-state index in [4.69, 9.17) is 4.74 Å². The van der Waals surface area contributed by atoms with Crippen LogP contribution in [0.15, 0.2) is 16.6 Å². The van der Waals surface area contributed by atoms with Crippen molar-refractivity contribution in [3.63, 3.8) is 0 Å². The van der Waals surface area contributed by atoms with Crippen LogP contribution in [0.1, 0.15) is 30.9 Å².